The average Bonchev–Trinajstić information content (AvgIpc) is 2.37. The fourth-order valence-electron chi connectivity index (χ4n) is 2.33. The number of amides is 1. The summed E-state index contributed by atoms with van der Waals surface area (Å²) in [6.07, 6.45) is 5.79. The SMILES string of the molecule is CSC1(CNC(=O)c2ccc(NN)c(C)c2)CCC1. The van der Waals surface area contributed by atoms with E-state index in [9.17, 15) is 4.79 Å². The maximum Gasteiger partial charge on any atom is 0.251 e. The highest BCUT2D eigenvalue weighted by molar-refractivity contribution is 8.00. The van der Waals surface area contributed by atoms with Gasteiger partial charge in [0.15, 0.2) is 0 Å². The Labute approximate surface area is 118 Å². The lowest BCUT2D eigenvalue weighted by atomic mass is 9.84. The van der Waals surface area contributed by atoms with Crippen LogP contribution in [0.1, 0.15) is 35.2 Å². The Bertz CT molecular complexity index is 466. The molecule has 0 bridgehead atoms. The third kappa shape index (κ3) is 3.04. The van der Waals surface area contributed by atoms with Gasteiger partial charge in [-0.3, -0.25) is 10.6 Å². The molecule has 19 heavy (non-hydrogen) atoms. The minimum absolute atomic E-state index is 0.00741. The van der Waals surface area contributed by atoms with Gasteiger partial charge in [-0.25, -0.2) is 0 Å². The molecule has 5 heteroatoms. The zero-order valence-electron chi connectivity index (χ0n) is 11.5. The van der Waals surface area contributed by atoms with Crippen LogP contribution in [-0.4, -0.2) is 23.5 Å². The van der Waals surface area contributed by atoms with Crippen molar-refractivity contribution in [3.63, 3.8) is 0 Å². The summed E-state index contributed by atoms with van der Waals surface area (Å²) in [7, 11) is 0. The molecule has 0 saturated heterocycles. The molecule has 1 aromatic rings. The maximum atomic E-state index is 12.1. The van der Waals surface area contributed by atoms with Crippen LogP contribution in [0.15, 0.2) is 18.2 Å². The van der Waals surface area contributed by atoms with Gasteiger partial charge in [-0.15, -0.1) is 0 Å². The summed E-state index contributed by atoms with van der Waals surface area (Å²) in [5, 5.41) is 3.05. The van der Waals surface area contributed by atoms with E-state index in [2.05, 4.69) is 17.0 Å². The van der Waals surface area contributed by atoms with E-state index in [0.29, 0.717) is 5.56 Å². The highest BCUT2D eigenvalue weighted by Crippen LogP contribution is 2.42. The minimum atomic E-state index is -0.00741. The Balaban J connectivity index is 1.98. The predicted octanol–water partition coefficient (Wildman–Crippen LogP) is 2.30. The molecule has 4 nitrogen and oxygen atoms in total. The van der Waals surface area contributed by atoms with Gasteiger partial charge in [0.25, 0.3) is 5.91 Å². The minimum Gasteiger partial charge on any atom is -0.351 e. The van der Waals surface area contributed by atoms with Gasteiger partial charge in [-0.1, -0.05) is 6.42 Å². The summed E-state index contributed by atoms with van der Waals surface area (Å²) >= 11 is 1.86. The van der Waals surface area contributed by atoms with Gasteiger partial charge in [0.1, 0.15) is 0 Å². The fraction of sp³-hybridized carbons (Fsp3) is 0.500. The lowest BCUT2D eigenvalue weighted by molar-refractivity contribution is 0.0944. The van der Waals surface area contributed by atoms with Crippen molar-refractivity contribution in [3.05, 3.63) is 29.3 Å². The fourth-order valence-corrected chi connectivity index (χ4v) is 3.25. The average molecular weight is 279 g/mol. The zero-order chi connectivity index (χ0) is 13.9. The normalized spacial score (nSPS) is 16.6. The Kier molecular flexibility index (Phi) is 4.37. The molecule has 0 aromatic heterocycles. The van der Waals surface area contributed by atoms with Crippen molar-refractivity contribution in [1.82, 2.24) is 5.32 Å². The van der Waals surface area contributed by atoms with Gasteiger partial charge in [-0.05, 0) is 49.8 Å². The standard InChI is InChI=1S/C14H21N3OS/c1-10-8-11(4-5-12(10)17-15)13(18)16-9-14(19-2)6-3-7-14/h4-5,8,17H,3,6-7,9,15H2,1-2H3,(H,16,18). The lowest BCUT2D eigenvalue weighted by Gasteiger charge is -2.40. The molecule has 0 aliphatic heterocycles. The second-order valence-corrected chi connectivity index (χ2v) is 6.37. The van der Waals surface area contributed by atoms with E-state index in [1.807, 2.05) is 30.8 Å². The summed E-state index contributed by atoms with van der Waals surface area (Å²) < 4.78 is 0.267. The third-order valence-corrected chi connectivity index (χ3v) is 5.33. The number of nitrogens with one attached hydrogen (secondary N) is 2. The molecule has 2 rings (SSSR count). The molecule has 1 saturated carbocycles. The van der Waals surface area contributed by atoms with Crippen molar-refractivity contribution in [3.8, 4) is 0 Å². The van der Waals surface area contributed by atoms with Gasteiger partial charge in [0.05, 0.1) is 5.69 Å². The summed E-state index contributed by atoms with van der Waals surface area (Å²) in [6, 6.07) is 5.49. The molecular formula is C14H21N3OS. The number of thioether (sulfide) groups is 1. The summed E-state index contributed by atoms with van der Waals surface area (Å²) in [5.41, 5.74) is 5.11. The lowest BCUT2D eigenvalue weighted by Crippen LogP contribution is -2.45. The topological polar surface area (TPSA) is 67.2 Å². The summed E-state index contributed by atoms with van der Waals surface area (Å²) in [4.78, 5) is 12.1. The second kappa shape index (κ2) is 5.84. The van der Waals surface area contributed by atoms with E-state index < -0.39 is 0 Å². The van der Waals surface area contributed by atoms with Crippen molar-refractivity contribution in [2.24, 2.45) is 5.84 Å². The number of rotatable bonds is 5. The first-order chi connectivity index (χ1) is 9.10. The molecule has 4 N–H and O–H groups in total. The van der Waals surface area contributed by atoms with Crippen LogP contribution >= 0.6 is 11.8 Å². The van der Waals surface area contributed by atoms with E-state index in [-0.39, 0.29) is 10.7 Å². The summed E-state index contributed by atoms with van der Waals surface area (Å²) in [5.74, 6) is 5.38. The van der Waals surface area contributed by atoms with Gasteiger partial charge in [-0.2, -0.15) is 11.8 Å². The van der Waals surface area contributed by atoms with Crippen LogP contribution in [0.25, 0.3) is 0 Å². The molecular weight excluding hydrogens is 258 g/mol. The Morgan fingerprint density at radius 2 is 2.21 bits per heavy atom. The molecule has 0 unspecified atom stereocenters. The number of carbonyl (C=O) groups excluding carboxylic acids is 1. The van der Waals surface area contributed by atoms with Crippen molar-refractivity contribution in [2.75, 3.05) is 18.2 Å². The first-order valence-corrected chi connectivity index (χ1v) is 7.73. The zero-order valence-corrected chi connectivity index (χ0v) is 12.3. The molecule has 0 atom stereocenters. The quantitative estimate of drug-likeness (QED) is 0.571. The predicted molar refractivity (Wildman–Crippen MR) is 81.4 cm³/mol. The molecule has 1 aromatic carbocycles. The van der Waals surface area contributed by atoms with Crippen LogP contribution in [0.2, 0.25) is 0 Å². The maximum absolute atomic E-state index is 12.1. The summed E-state index contributed by atoms with van der Waals surface area (Å²) in [6.45, 7) is 2.68. The van der Waals surface area contributed by atoms with Crippen molar-refractivity contribution in [2.45, 2.75) is 30.9 Å². The van der Waals surface area contributed by atoms with Crippen LogP contribution in [0.3, 0.4) is 0 Å². The third-order valence-electron chi connectivity index (χ3n) is 3.91. The number of nitrogen functional groups attached to an aromatic ring is 1. The molecule has 0 radical (unpaired) electrons. The van der Waals surface area contributed by atoms with E-state index in [1.165, 1.54) is 19.3 Å². The number of anilines is 1. The molecule has 1 aliphatic rings. The van der Waals surface area contributed by atoms with Crippen LogP contribution in [0, 0.1) is 6.92 Å². The van der Waals surface area contributed by atoms with Crippen molar-refractivity contribution in [1.29, 1.82) is 0 Å². The van der Waals surface area contributed by atoms with Crippen LogP contribution < -0.4 is 16.6 Å². The van der Waals surface area contributed by atoms with Crippen LogP contribution in [0.4, 0.5) is 5.69 Å². The number of carbonyl (C=O) groups is 1. The van der Waals surface area contributed by atoms with Crippen molar-refractivity contribution >= 4 is 23.4 Å². The van der Waals surface area contributed by atoms with E-state index >= 15 is 0 Å². The molecule has 1 fully saturated rings. The van der Waals surface area contributed by atoms with Gasteiger partial charge in [0.2, 0.25) is 0 Å². The highest BCUT2D eigenvalue weighted by atomic mass is 32.2. The first-order valence-electron chi connectivity index (χ1n) is 6.51. The van der Waals surface area contributed by atoms with E-state index in [4.69, 9.17) is 5.84 Å². The first kappa shape index (κ1) is 14.2. The van der Waals surface area contributed by atoms with E-state index in [1.54, 1.807) is 6.07 Å². The largest absolute Gasteiger partial charge is 0.351 e. The van der Waals surface area contributed by atoms with Gasteiger partial charge in [0, 0.05) is 16.9 Å². The molecule has 1 aliphatic carbocycles. The molecule has 0 heterocycles. The van der Waals surface area contributed by atoms with E-state index in [0.717, 1.165) is 17.8 Å². The Morgan fingerprint density at radius 3 is 2.68 bits per heavy atom. The van der Waals surface area contributed by atoms with Gasteiger partial charge < -0.3 is 10.7 Å². The van der Waals surface area contributed by atoms with Crippen LogP contribution in [-0.2, 0) is 0 Å². The number of hydrazine groups is 1. The van der Waals surface area contributed by atoms with Crippen molar-refractivity contribution < 1.29 is 4.79 Å². The second-order valence-electron chi connectivity index (χ2n) is 5.10. The number of hydrogen-bond acceptors (Lipinski definition) is 4. The van der Waals surface area contributed by atoms with Crippen LogP contribution in [0.5, 0.6) is 0 Å². The highest BCUT2D eigenvalue weighted by Gasteiger charge is 2.36. The molecule has 1 amide bonds. The molecule has 0 spiro atoms. The molecule has 104 valence electrons. The monoisotopic (exact) mass is 279 g/mol. The van der Waals surface area contributed by atoms with Gasteiger partial charge >= 0.3 is 0 Å². The number of aryl methyl sites for hydroxylation is 1. The Hall–Kier alpha value is -1.20. The Morgan fingerprint density at radius 1 is 1.47 bits per heavy atom. The number of hydrogen-bond donors (Lipinski definition) is 3. The number of benzene rings is 1. The number of nitrogens with two attached hydrogens (primary N) is 1. The smallest absolute Gasteiger partial charge is 0.251 e.